The van der Waals surface area contributed by atoms with Gasteiger partial charge in [0, 0.05) is 60.5 Å². The number of nitrogens with two attached hydrogens (primary N) is 1. The second-order valence-electron chi connectivity index (χ2n) is 11.1. The van der Waals surface area contributed by atoms with E-state index in [0.717, 1.165) is 11.1 Å². The predicted octanol–water partition coefficient (Wildman–Crippen LogP) is 6.64. The summed E-state index contributed by atoms with van der Waals surface area (Å²) in [6.07, 6.45) is 1.40. The summed E-state index contributed by atoms with van der Waals surface area (Å²) in [5.41, 5.74) is 8.38. The predicted molar refractivity (Wildman–Crippen MR) is 156 cm³/mol. The van der Waals surface area contributed by atoms with Crippen molar-refractivity contribution in [2.75, 3.05) is 31.9 Å². The van der Waals surface area contributed by atoms with Crippen molar-refractivity contribution in [3.8, 4) is 16.9 Å². The van der Waals surface area contributed by atoms with E-state index in [0.29, 0.717) is 49.5 Å². The van der Waals surface area contributed by atoms with E-state index >= 15 is 0 Å². The number of anilines is 1. The molecule has 4 rings (SSSR count). The second kappa shape index (κ2) is 12.0. The van der Waals surface area contributed by atoms with Crippen molar-refractivity contribution < 1.29 is 18.7 Å². The number of halogens is 3. The summed E-state index contributed by atoms with van der Waals surface area (Å²) in [5.74, 6) is -0.0963. The Kier molecular flexibility index (Phi) is 8.90. The third-order valence-electron chi connectivity index (χ3n) is 6.74. The van der Waals surface area contributed by atoms with Gasteiger partial charge in [0.15, 0.2) is 11.6 Å². The molecule has 40 heavy (non-hydrogen) atoms. The molecule has 2 heterocycles. The minimum Gasteiger partial charge on any atom is -0.482 e. The van der Waals surface area contributed by atoms with Gasteiger partial charge in [-0.3, -0.25) is 9.59 Å². The number of hydrogen-bond acceptors (Lipinski definition) is 5. The third kappa shape index (κ3) is 6.85. The molecular weight excluding hydrogens is 554 g/mol. The van der Waals surface area contributed by atoms with Crippen molar-refractivity contribution in [1.82, 2.24) is 14.8 Å². The van der Waals surface area contributed by atoms with Crippen LogP contribution in [-0.2, 0) is 4.79 Å². The maximum atomic E-state index is 14.0. The molecule has 7 nitrogen and oxygen atoms in total. The molecule has 2 aromatic carbocycles. The van der Waals surface area contributed by atoms with Crippen molar-refractivity contribution in [2.24, 2.45) is 5.41 Å². The van der Waals surface area contributed by atoms with Gasteiger partial charge >= 0.3 is 0 Å². The first-order chi connectivity index (χ1) is 18.8. The van der Waals surface area contributed by atoms with Crippen LogP contribution in [0.5, 0.6) is 5.75 Å². The van der Waals surface area contributed by atoms with Crippen LogP contribution in [0.1, 0.15) is 56.1 Å². The van der Waals surface area contributed by atoms with Crippen LogP contribution in [0.4, 0.5) is 10.2 Å². The summed E-state index contributed by atoms with van der Waals surface area (Å²) in [5, 5.41) is 0.167. The molecule has 0 saturated carbocycles. The molecule has 1 saturated heterocycles. The lowest BCUT2D eigenvalue weighted by Gasteiger charge is -2.36. The highest BCUT2D eigenvalue weighted by atomic mass is 35.5. The minimum absolute atomic E-state index is 0.0698. The molecule has 10 heteroatoms. The number of nitrogen functional groups attached to an aromatic ring is 1. The standard InChI is InChI=1S/C30H33Cl2FN4O3/c1-18(26-22(31)9-10-23(33)27(26)32)40-24-15-21(17-35-28(24)34)19-5-7-20(8-6-19)29(39)37-13-11-36(12-14-37)25(38)16-30(2,3)4/h5-10,15,17-18H,11-14,16H2,1-4H3,(H2,34,35)/t18-/m1/s1. The van der Waals surface area contributed by atoms with Gasteiger partial charge in [0.2, 0.25) is 5.91 Å². The Balaban J connectivity index is 1.43. The number of nitrogens with zero attached hydrogens (tertiary/aromatic N) is 3. The largest absolute Gasteiger partial charge is 0.482 e. The zero-order valence-corrected chi connectivity index (χ0v) is 24.5. The molecule has 212 valence electrons. The van der Waals surface area contributed by atoms with E-state index in [-0.39, 0.29) is 33.1 Å². The summed E-state index contributed by atoms with van der Waals surface area (Å²) in [6, 6.07) is 11.5. The number of amides is 2. The van der Waals surface area contributed by atoms with E-state index in [2.05, 4.69) is 4.98 Å². The highest BCUT2D eigenvalue weighted by Crippen LogP contribution is 2.37. The van der Waals surface area contributed by atoms with Crippen LogP contribution in [0.2, 0.25) is 10.0 Å². The van der Waals surface area contributed by atoms with Gasteiger partial charge in [-0.1, -0.05) is 56.1 Å². The van der Waals surface area contributed by atoms with Gasteiger partial charge in [0.1, 0.15) is 11.9 Å². The molecule has 0 unspecified atom stereocenters. The van der Waals surface area contributed by atoms with Gasteiger partial charge in [-0.15, -0.1) is 0 Å². The van der Waals surface area contributed by atoms with E-state index in [1.807, 2.05) is 37.8 Å². The van der Waals surface area contributed by atoms with E-state index in [4.69, 9.17) is 33.7 Å². The fourth-order valence-electron chi connectivity index (χ4n) is 4.58. The second-order valence-corrected chi connectivity index (χ2v) is 11.9. The van der Waals surface area contributed by atoms with Crippen molar-refractivity contribution >= 4 is 40.8 Å². The van der Waals surface area contributed by atoms with Gasteiger partial charge in [-0.25, -0.2) is 9.37 Å². The van der Waals surface area contributed by atoms with Gasteiger partial charge in [0.25, 0.3) is 5.91 Å². The quantitative estimate of drug-likeness (QED) is 0.327. The van der Waals surface area contributed by atoms with Crippen molar-refractivity contribution in [1.29, 1.82) is 0 Å². The van der Waals surface area contributed by atoms with Crippen LogP contribution >= 0.6 is 23.2 Å². The number of carbonyl (C=O) groups is 2. The van der Waals surface area contributed by atoms with Crippen molar-refractivity contribution in [3.05, 3.63) is 75.7 Å². The zero-order valence-electron chi connectivity index (χ0n) is 23.0. The van der Waals surface area contributed by atoms with E-state index in [1.54, 1.807) is 36.2 Å². The highest BCUT2D eigenvalue weighted by Gasteiger charge is 2.27. The molecule has 3 aromatic rings. The average molecular weight is 588 g/mol. The van der Waals surface area contributed by atoms with Crippen molar-refractivity contribution in [2.45, 2.75) is 40.2 Å². The number of piperazine rings is 1. The van der Waals surface area contributed by atoms with E-state index in [1.165, 1.54) is 12.1 Å². The molecule has 0 bridgehead atoms. The smallest absolute Gasteiger partial charge is 0.253 e. The van der Waals surface area contributed by atoms with Gasteiger partial charge in [0.05, 0.1) is 5.02 Å². The Morgan fingerprint density at radius 1 is 1.02 bits per heavy atom. The number of benzene rings is 2. The molecular formula is C30H33Cl2FN4O3. The van der Waals surface area contributed by atoms with Gasteiger partial charge < -0.3 is 20.3 Å². The summed E-state index contributed by atoms with van der Waals surface area (Å²) in [7, 11) is 0. The zero-order chi connectivity index (χ0) is 29.2. The number of hydrogen-bond donors (Lipinski definition) is 1. The Bertz CT molecular complexity index is 1400. The van der Waals surface area contributed by atoms with Gasteiger partial charge in [-0.2, -0.15) is 0 Å². The molecule has 1 atom stereocenters. The number of ether oxygens (including phenoxy) is 1. The maximum absolute atomic E-state index is 14.0. The van der Waals surface area contributed by atoms with Crippen molar-refractivity contribution in [3.63, 3.8) is 0 Å². The maximum Gasteiger partial charge on any atom is 0.253 e. The summed E-state index contributed by atoms with van der Waals surface area (Å²) < 4.78 is 20.0. The molecule has 0 aliphatic carbocycles. The molecule has 1 aliphatic heterocycles. The van der Waals surface area contributed by atoms with Crippen LogP contribution in [0.3, 0.4) is 0 Å². The summed E-state index contributed by atoms with van der Waals surface area (Å²) in [4.78, 5) is 33.5. The SMILES string of the molecule is C[C@@H](Oc1cc(-c2ccc(C(=O)N3CCN(C(=O)CC(C)(C)C)CC3)cc2)cnc1N)c1c(Cl)ccc(F)c1Cl. The molecule has 1 aromatic heterocycles. The summed E-state index contributed by atoms with van der Waals surface area (Å²) >= 11 is 12.4. The monoisotopic (exact) mass is 586 g/mol. The minimum atomic E-state index is -0.695. The number of aromatic nitrogens is 1. The van der Waals surface area contributed by atoms with Crippen LogP contribution in [0.25, 0.3) is 11.1 Å². The fourth-order valence-corrected chi connectivity index (χ4v) is 5.26. The van der Waals surface area contributed by atoms with Crippen LogP contribution < -0.4 is 10.5 Å². The third-order valence-corrected chi connectivity index (χ3v) is 7.45. The lowest BCUT2D eigenvalue weighted by molar-refractivity contribution is -0.134. The van der Waals surface area contributed by atoms with Gasteiger partial charge in [-0.05, 0) is 48.2 Å². The number of pyridine rings is 1. The lowest BCUT2D eigenvalue weighted by Crippen LogP contribution is -2.51. The first kappa shape index (κ1) is 29.6. The fraction of sp³-hybridized carbons (Fsp3) is 0.367. The van der Waals surface area contributed by atoms with E-state index in [9.17, 15) is 14.0 Å². The van der Waals surface area contributed by atoms with Crippen LogP contribution in [0, 0.1) is 11.2 Å². The first-order valence-corrected chi connectivity index (χ1v) is 13.8. The molecule has 1 aliphatic rings. The normalized spacial score (nSPS) is 14.7. The summed E-state index contributed by atoms with van der Waals surface area (Å²) in [6.45, 7) is 9.88. The molecule has 0 radical (unpaired) electrons. The van der Waals surface area contributed by atoms with Crippen LogP contribution in [0.15, 0.2) is 48.7 Å². The molecule has 0 spiro atoms. The highest BCUT2D eigenvalue weighted by molar-refractivity contribution is 6.36. The Hall–Kier alpha value is -3.36. The topological polar surface area (TPSA) is 88.8 Å². The van der Waals surface area contributed by atoms with Crippen LogP contribution in [-0.4, -0.2) is 52.8 Å². The Morgan fingerprint density at radius 2 is 1.65 bits per heavy atom. The molecule has 2 N–H and O–H groups in total. The molecule has 1 fully saturated rings. The Labute approximate surface area is 244 Å². The average Bonchev–Trinajstić information content (AvgIpc) is 2.91. The number of rotatable bonds is 6. The first-order valence-electron chi connectivity index (χ1n) is 13.1. The van der Waals surface area contributed by atoms with E-state index < -0.39 is 11.9 Å². The Morgan fingerprint density at radius 3 is 2.27 bits per heavy atom. The molecule has 2 amide bonds. The number of carbonyl (C=O) groups excluding carboxylic acids is 2. The lowest BCUT2D eigenvalue weighted by atomic mass is 9.91.